The van der Waals surface area contributed by atoms with Crippen molar-refractivity contribution in [2.75, 3.05) is 10.6 Å². The average molecular weight is 375 g/mol. The van der Waals surface area contributed by atoms with Gasteiger partial charge in [-0.3, -0.25) is 0 Å². The van der Waals surface area contributed by atoms with Crippen LogP contribution in [0.1, 0.15) is 19.4 Å². The summed E-state index contributed by atoms with van der Waals surface area (Å²) in [5.74, 6) is 0.824. The molecule has 5 heteroatoms. The first-order valence-corrected chi connectivity index (χ1v) is 9.30. The molecule has 0 aliphatic heterocycles. The molecule has 0 aliphatic carbocycles. The molecule has 0 saturated heterocycles. The van der Waals surface area contributed by atoms with Crippen LogP contribution in [0.4, 0.5) is 21.9 Å². The van der Waals surface area contributed by atoms with E-state index in [2.05, 4.69) is 16.0 Å². The Morgan fingerprint density at radius 2 is 1.39 bits per heavy atom. The summed E-state index contributed by atoms with van der Waals surface area (Å²) < 4.78 is 5.80. The van der Waals surface area contributed by atoms with Crippen molar-refractivity contribution >= 4 is 23.1 Å². The second kappa shape index (κ2) is 9.46. The van der Waals surface area contributed by atoms with E-state index in [0.717, 1.165) is 28.4 Å². The molecule has 2 amide bonds. The summed E-state index contributed by atoms with van der Waals surface area (Å²) >= 11 is 0. The van der Waals surface area contributed by atoms with Crippen LogP contribution in [0.2, 0.25) is 0 Å². The average Bonchev–Trinajstić information content (AvgIpc) is 2.69. The zero-order chi connectivity index (χ0) is 19.8. The highest BCUT2D eigenvalue weighted by atomic mass is 16.5. The number of carbonyl (C=O) groups excluding carboxylic acids is 1. The fourth-order valence-electron chi connectivity index (χ4n) is 2.61. The van der Waals surface area contributed by atoms with Crippen molar-refractivity contribution in [1.82, 2.24) is 5.32 Å². The molecule has 0 radical (unpaired) electrons. The first kappa shape index (κ1) is 19.3. The molecule has 3 rings (SSSR count). The quantitative estimate of drug-likeness (QED) is 0.508. The number of hydrogen-bond donors (Lipinski definition) is 3. The van der Waals surface area contributed by atoms with Crippen LogP contribution in [0, 0.1) is 0 Å². The summed E-state index contributed by atoms with van der Waals surface area (Å²) in [6, 6.07) is 25.4. The Balaban J connectivity index is 1.51. The summed E-state index contributed by atoms with van der Waals surface area (Å²) in [6.07, 6.45) is 0. The molecule has 0 heterocycles. The zero-order valence-electron chi connectivity index (χ0n) is 16.1. The summed E-state index contributed by atoms with van der Waals surface area (Å²) in [5.41, 5.74) is 3.78. The van der Waals surface area contributed by atoms with E-state index in [1.54, 1.807) is 0 Å². The minimum atomic E-state index is -0.207. The predicted octanol–water partition coefficient (Wildman–Crippen LogP) is 5.54. The van der Waals surface area contributed by atoms with Gasteiger partial charge in [-0.25, -0.2) is 4.79 Å². The molecule has 0 atom stereocenters. The molecule has 0 bridgehead atoms. The third-order valence-corrected chi connectivity index (χ3v) is 3.95. The number of carbonyl (C=O) groups is 1. The van der Waals surface area contributed by atoms with Crippen LogP contribution in [0.5, 0.6) is 5.75 Å². The summed E-state index contributed by atoms with van der Waals surface area (Å²) in [5, 5.41) is 8.93. The third kappa shape index (κ3) is 6.06. The Kier molecular flexibility index (Phi) is 6.52. The van der Waals surface area contributed by atoms with E-state index in [1.165, 1.54) is 0 Å². The second-order valence-electron chi connectivity index (χ2n) is 6.75. The number of amides is 2. The standard InChI is InChI=1S/C23H25N3O2/c1-17(2)24-23(27)26-21-10-8-19(9-11-21)25-20-12-14-22(15-13-20)28-16-18-6-4-3-5-7-18/h3-15,17,25H,16H2,1-2H3,(H2,24,26,27). The van der Waals surface area contributed by atoms with Gasteiger partial charge in [-0.1, -0.05) is 30.3 Å². The van der Waals surface area contributed by atoms with E-state index in [0.29, 0.717) is 6.61 Å². The number of anilines is 3. The maximum absolute atomic E-state index is 11.7. The topological polar surface area (TPSA) is 62.4 Å². The van der Waals surface area contributed by atoms with Crippen molar-refractivity contribution in [3.05, 3.63) is 84.4 Å². The number of ether oxygens (including phenoxy) is 1. The molecule has 28 heavy (non-hydrogen) atoms. The predicted molar refractivity (Wildman–Crippen MR) is 114 cm³/mol. The van der Waals surface area contributed by atoms with Crippen LogP contribution in [-0.2, 0) is 6.61 Å². The van der Waals surface area contributed by atoms with Gasteiger partial charge < -0.3 is 20.7 Å². The molecule has 144 valence electrons. The first-order chi connectivity index (χ1) is 13.6. The highest BCUT2D eigenvalue weighted by Gasteiger charge is 2.03. The van der Waals surface area contributed by atoms with Gasteiger partial charge in [-0.05, 0) is 67.9 Å². The Bertz CT molecular complexity index is 876. The monoisotopic (exact) mass is 375 g/mol. The van der Waals surface area contributed by atoms with Crippen molar-refractivity contribution in [3.8, 4) is 5.75 Å². The van der Waals surface area contributed by atoms with E-state index in [-0.39, 0.29) is 12.1 Å². The zero-order valence-corrected chi connectivity index (χ0v) is 16.1. The number of urea groups is 1. The summed E-state index contributed by atoms with van der Waals surface area (Å²) in [6.45, 7) is 4.39. The van der Waals surface area contributed by atoms with E-state index in [1.807, 2.05) is 92.7 Å². The maximum Gasteiger partial charge on any atom is 0.319 e. The summed E-state index contributed by atoms with van der Waals surface area (Å²) in [7, 11) is 0. The molecular weight excluding hydrogens is 350 g/mol. The lowest BCUT2D eigenvalue weighted by atomic mass is 10.2. The molecule has 0 spiro atoms. The van der Waals surface area contributed by atoms with Gasteiger partial charge >= 0.3 is 6.03 Å². The number of hydrogen-bond acceptors (Lipinski definition) is 3. The van der Waals surface area contributed by atoms with Crippen LogP contribution < -0.4 is 20.7 Å². The molecule has 5 nitrogen and oxygen atoms in total. The van der Waals surface area contributed by atoms with Crippen molar-refractivity contribution in [2.24, 2.45) is 0 Å². The van der Waals surface area contributed by atoms with Gasteiger partial charge in [0.1, 0.15) is 12.4 Å². The van der Waals surface area contributed by atoms with Gasteiger partial charge in [0.2, 0.25) is 0 Å². The normalized spacial score (nSPS) is 10.4. The molecule has 0 unspecified atom stereocenters. The SMILES string of the molecule is CC(C)NC(=O)Nc1ccc(Nc2ccc(OCc3ccccc3)cc2)cc1. The lowest BCUT2D eigenvalue weighted by Gasteiger charge is -2.12. The van der Waals surface area contributed by atoms with E-state index in [4.69, 9.17) is 4.74 Å². The molecule has 0 aromatic heterocycles. The van der Waals surface area contributed by atoms with E-state index < -0.39 is 0 Å². The minimum Gasteiger partial charge on any atom is -0.489 e. The smallest absolute Gasteiger partial charge is 0.319 e. The van der Waals surface area contributed by atoms with Gasteiger partial charge in [0.25, 0.3) is 0 Å². The Morgan fingerprint density at radius 1 is 0.821 bits per heavy atom. The summed E-state index contributed by atoms with van der Waals surface area (Å²) in [4.78, 5) is 11.7. The first-order valence-electron chi connectivity index (χ1n) is 9.30. The minimum absolute atomic E-state index is 0.0978. The van der Waals surface area contributed by atoms with Crippen LogP contribution in [0.25, 0.3) is 0 Å². The van der Waals surface area contributed by atoms with E-state index >= 15 is 0 Å². The lowest BCUT2D eigenvalue weighted by Crippen LogP contribution is -2.34. The number of rotatable bonds is 7. The van der Waals surface area contributed by atoms with Gasteiger partial charge in [0, 0.05) is 23.1 Å². The fraction of sp³-hybridized carbons (Fsp3) is 0.174. The van der Waals surface area contributed by atoms with Crippen molar-refractivity contribution < 1.29 is 9.53 Å². The fourth-order valence-corrected chi connectivity index (χ4v) is 2.61. The largest absolute Gasteiger partial charge is 0.489 e. The molecule has 3 aromatic carbocycles. The molecule has 0 saturated carbocycles. The maximum atomic E-state index is 11.7. The van der Waals surface area contributed by atoms with Crippen molar-refractivity contribution in [1.29, 1.82) is 0 Å². The third-order valence-electron chi connectivity index (χ3n) is 3.95. The molecule has 0 aliphatic rings. The van der Waals surface area contributed by atoms with Gasteiger partial charge in [0.05, 0.1) is 0 Å². The van der Waals surface area contributed by atoms with Crippen LogP contribution in [0.15, 0.2) is 78.9 Å². The van der Waals surface area contributed by atoms with Gasteiger partial charge in [-0.2, -0.15) is 0 Å². The van der Waals surface area contributed by atoms with Crippen LogP contribution in [0.3, 0.4) is 0 Å². The van der Waals surface area contributed by atoms with Crippen LogP contribution in [-0.4, -0.2) is 12.1 Å². The number of nitrogens with one attached hydrogen (secondary N) is 3. The Hall–Kier alpha value is -3.47. The van der Waals surface area contributed by atoms with E-state index in [9.17, 15) is 4.79 Å². The highest BCUT2D eigenvalue weighted by Crippen LogP contribution is 2.22. The molecule has 3 N–H and O–H groups in total. The Morgan fingerprint density at radius 3 is 2.00 bits per heavy atom. The second-order valence-corrected chi connectivity index (χ2v) is 6.75. The number of benzene rings is 3. The van der Waals surface area contributed by atoms with Gasteiger partial charge in [0.15, 0.2) is 0 Å². The Labute approximate surface area is 165 Å². The molecule has 3 aromatic rings. The van der Waals surface area contributed by atoms with Crippen molar-refractivity contribution in [3.63, 3.8) is 0 Å². The van der Waals surface area contributed by atoms with Crippen molar-refractivity contribution in [2.45, 2.75) is 26.5 Å². The molecular formula is C23H25N3O2. The van der Waals surface area contributed by atoms with Crippen LogP contribution >= 0.6 is 0 Å². The highest BCUT2D eigenvalue weighted by molar-refractivity contribution is 5.89. The van der Waals surface area contributed by atoms with Gasteiger partial charge in [-0.15, -0.1) is 0 Å². The lowest BCUT2D eigenvalue weighted by molar-refractivity contribution is 0.250. The molecule has 0 fully saturated rings.